The van der Waals surface area contributed by atoms with Gasteiger partial charge in [0.25, 0.3) is 0 Å². The molecule has 5 aliphatic rings. The second kappa shape index (κ2) is 16.2. The first-order chi connectivity index (χ1) is 32.3. The maximum absolute atomic E-state index is 14.2. The fourth-order valence-electron chi connectivity index (χ4n) is 16.5. The number of rotatable bonds is 12. The Hall–Kier alpha value is -4.12. The molecule has 1 aromatic heterocycles. The van der Waals surface area contributed by atoms with E-state index in [0.717, 1.165) is 105 Å². The SMILES string of the molecule is CCC1(CC)CC(C)(C)c2c1cc1c(c2C2=N/C(=C(/c3ccc(C(F)(F)F)cc3)c3ccc(-c4c5c(cc6c4C(C)(C)CC6(CC)CC)C(CC)(CC)CC5(C)C)[n-]3)C=C2)C(C)(C)CC1(CC)CC. The van der Waals surface area contributed by atoms with Gasteiger partial charge in [0.2, 0.25) is 0 Å². The standard InChI is InChI=1S/C64H82F3N2/c1-17-60(18-2)35-56(9,10)52-41(60)33-42-53(57(11,12)36-61(42,19-3)20-4)50(52)47-31-29-45(68-47)49(39-25-27-40(28-26-39)64(65,66)67)46-30-32-48(69-46)51-54-43(62(21-5,22-6)37-58(54,13)14)34-44-55(51)59(15,16)38-63(44,23-7)24-8/h25-34H,17-24,35-38H2,1-16H3/q-1/b49-45-. The van der Waals surface area contributed by atoms with Crippen molar-refractivity contribution in [3.8, 4) is 11.3 Å². The minimum Gasteiger partial charge on any atom is -0.657 e. The van der Waals surface area contributed by atoms with E-state index in [9.17, 15) is 13.2 Å². The number of halogens is 3. The lowest BCUT2D eigenvalue weighted by Gasteiger charge is -2.33. The Balaban J connectivity index is 1.33. The molecular formula is C64H82F3N2-. The summed E-state index contributed by atoms with van der Waals surface area (Å²) in [7, 11) is 0. The molecule has 0 bridgehead atoms. The number of benzene rings is 3. The van der Waals surface area contributed by atoms with Gasteiger partial charge in [-0.1, -0.05) is 147 Å². The molecule has 69 heavy (non-hydrogen) atoms. The molecule has 5 heteroatoms. The van der Waals surface area contributed by atoms with Crippen LogP contribution in [0.4, 0.5) is 13.2 Å². The second-order valence-electron chi connectivity index (χ2n) is 25.3. The van der Waals surface area contributed by atoms with Crippen LogP contribution in [0.3, 0.4) is 0 Å². The molecule has 0 N–H and O–H groups in total. The van der Waals surface area contributed by atoms with Crippen molar-refractivity contribution in [3.05, 3.63) is 133 Å². The number of fused-ring (bicyclic) bond motifs is 4. The first-order valence-electron chi connectivity index (χ1n) is 27.1. The van der Waals surface area contributed by atoms with E-state index in [1.165, 1.54) is 67.8 Å². The fourth-order valence-corrected chi connectivity index (χ4v) is 16.5. The van der Waals surface area contributed by atoms with Crippen molar-refractivity contribution in [1.82, 2.24) is 4.98 Å². The van der Waals surface area contributed by atoms with Gasteiger partial charge in [0, 0.05) is 5.56 Å². The summed E-state index contributed by atoms with van der Waals surface area (Å²) in [5.74, 6) is 0. The zero-order valence-electron chi connectivity index (χ0n) is 45.3. The minimum absolute atomic E-state index is 0.0773. The molecule has 0 unspecified atom stereocenters. The number of nitrogens with zero attached hydrogens (tertiary/aromatic N) is 2. The Labute approximate surface area is 414 Å². The smallest absolute Gasteiger partial charge is 0.416 e. The van der Waals surface area contributed by atoms with Crippen LogP contribution >= 0.6 is 0 Å². The Morgan fingerprint density at radius 3 is 1.20 bits per heavy atom. The van der Waals surface area contributed by atoms with Crippen LogP contribution in [0, 0.1) is 0 Å². The first kappa shape index (κ1) is 49.8. The van der Waals surface area contributed by atoms with Gasteiger partial charge in [0.05, 0.1) is 17.0 Å². The maximum atomic E-state index is 14.2. The molecule has 9 rings (SSSR count). The fraction of sp³-hybridized carbons (Fsp3) is 0.578. The van der Waals surface area contributed by atoms with Crippen LogP contribution in [0.2, 0.25) is 0 Å². The highest BCUT2D eigenvalue weighted by molar-refractivity contribution is 6.15. The number of allylic oxidation sites excluding steroid dienone is 2. The van der Waals surface area contributed by atoms with Crippen molar-refractivity contribution in [2.45, 2.75) is 237 Å². The monoisotopic (exact) mass is 936 g/mol. The van der Waals surface area contributed by atoms with E-state index in [4.69, 9.17) is 9.98 Å². The van der Waals surface area contributed by atoms with Gasteiger partial charge in [0.1, 0.15) is 0 Å². The second-order valence-corrected chi connectivity index (χ2v) is 25.3. The number of hydrogen-bond acceptors (Lipinski definition) is 1. The number of hydrogen-bond donors (Lipinski definition) is 0. The van der Waals surface area contributed by atoms with Gasteiger partial charge in [-0.15, -0.1) is 11.4 Å². The molecule has 1 aliphatic heterocycles. The predicted octanol–water partition coefficient (Wildman–Crippen LogP) is 18.1. The molecule has 0 saturated heterocycles. The minimum atomic E-state index is -4.45. The van der Waals surface area contributed by atoms with Crippen LogP contribution in [-0.4, -0.2) is 5.71 Å². The number of aliphatic imine (C=N–C) groups is 1. The molecule has 0 atom stereocenters. The van der Waals surface area contributed by atoms with Crippen molar-refractivity contribution in [2.75, 3.05) is 0 Å². The van der Waals surface area contributed by atoms with Gasteiger partial charge in [-0.2, -0.15) is 13.2 Å². The summed E-state index contributed by atoms with van der Waals surface area (Å²) in [5, 5.41) is 0. The zero-order chi connectivity index (χ0) is 50.3. The van der Waals surface area contributed by atoms with E-state index < -0.39 is 11.7 Å². The lowest BCUT2D eigenvalue weighted by Crippen LogP contribution is -2.26. The summed E-state index contributed by atoms with van der Waals surface area (Å²) in [6.07, 6.45) is 12.9. The van der Waals surface area contributed by atoms with Crippen LogP contribution in [0.15, 0.2) is 71.4 Å². The molecule has 0 saturated carbocycles. The van der Waals surface area contributed by atoms with Crippen LogP contribution < -0.4 is 4.98 Å². The molecule has 4 aliphatic carbocycles. The van der Waals surface area contributed by atoms with Gasteiger partial charge >= 0.3 is 6.18 Å². The normalized spacial score (nSPS) is 22.9. The van der Waals surface area contributed by atoms with E-state index in [2.05, 4.69) is 147 Å². The maximum Gasteiger partial charge on any atom is 0.416 e. The Morgan fingerprint density at radius 1 is 0.493 bits per heavy atom. The highest BCUT2D eigenvalue weighted by atomic mass is 19.4. The Kier molecular flexibility index (Phi) is 11.7. The molecule has 0 spiro atoms. The van der Waals surface area contributed by atoms with E-state index >= 15 is 0 Å². The van der Waals surface area contributed by atoms with E-state index in [1.54, 1.807) is 12.1 Å². The summed E-state index contributed by atoms with van der Waals surface area (Å²) in [4.78, 5) is 11.4. The Morgan fingerprint density at radius 2 is 0.855 bits per heavy atom. The van der Waals surface area contributed by atoms with Crippen molar-refractivity contribution < 1.29 is 13.2 Å². The predicted molar refractivity (Wildman–Crippen MR) is 284 cm³/mol. The molecular weight excluding hydrogens is 854 g/mol. The summed E-state index contributed by atoms with van der Waals surface area (Å²) < 4.78 is 42.7. The molecule has 0 radical (unpaired) electrons. The third kappa shape index (κ3) is 7.08. The van der Waals surface area contributed by atoms with Crippen LogP contribution in [-0.2, 0) is 49.5 Å². The lowest BCUT2D eigenvalue weighted by molar-refractivity contribution is -0.137. The van der Waals surface area contributed by atoms with Crippen molar-refractivity contribution in [1.29, 1.82) is 0 Å². The average molecular weight is 936 g/mol. The van der Waals surface area contributed by atoms with Crippen molar-refractivity contribution >= 4 is 11.3 Å². The van der Waals surface area contributed by atoms with Crippen molar-refractivity contribution in [3.63, 3.8) is 0 Å². The van der Waals surface area contributed by atoms with E-state index in [1.807, 2.05) is 0 Å². The number of alkyl halides is 3. The first-order valence-corrected chi connectivity index (χ1v) is 27.1. The Bertz CT molecular complexity index is 2680. The van der Waals surface area contributed by atoms with Crippen LogP contribution in [0.1, 0.15) is 255 Å². The highest BCUT2D eigenvalue weighted by Gasteiger charge is 2.56. The number of aromatic nitrogens is 1. The molecule has 3 aromatic carbocycles. The third-order valence-corrected chi connectivity index (χ3v) is 20.0. The molecule has 4 aromatic rings. The van der Waals surface area contributed by atoms with Gasteiger partial charge in [-0.25, -0.2) is 4.99 Å². The molecule has 0 fully saturated rings. The zero-order valence-corrected chi connectivity index (χ0v) is 45.3. The van der Waals surface area contributed by atoms with E-state index in [0.29, 0.717) is 5.56 Å². The molecule has 2 heterocycles. The highest BCUT2D eigenvalue weighted by Crippen LogP contribution is 2.65. The van der Waals surface area contributed by atoms with Gasteiger partial charge < -0.3 is 4.98 Å². The average Bonchev–Trinajstić information content (AvgIpc) is 4.15. The van der Waals surface area contributed by atoms with Gasteiger partial charge in [-0.3, -0.25) is 0 Å². The third-order valence-electron chi connectivity index (χ3n) is 20.0. The largest absolute Gasteiger partial charge is 0.657 e. The van der Waals surface area contributed by atoms with Crippen molar-refractivity contribution in [2.24, 2.45) is 4.99 Å². The van der Waals surface area contributed by atoms with Gasteiger partial charge in [-0.05, 0) is 206 Å². The van der Waals surface area contributed by atoms with Crippen LogP contribution in [0.5, 0.6) is 0 Å². The van der Waals surface area contributed by atoms with Gasteiger partial charge in [0.15, 0.2) is 0 Å². The lowest BCUT2D eigenvalue weighted by atomic mass is 9.72. The summed E-state index contributed by atoms with van der Waals surface area (Å²) in [6.45, 7) is 38.5. The summed E-state index contributed by atoms with van der Waals surface area (Å²) in [6, 6.07) is 15.4. The van der Waals surface area contributed by atoms with E-state index in [-0.39, 0.29) is 43.3 Å². The molecule has 2 nitrogen and oxygen atoms in total. The summed E-state index contributed by atoms with van der Waals surface area (Å²) >= 11 is 0. The molecule has 370 valence electrons. The molecule has 0 amide bonds. The topological polar surface area (TPSA) is 26.5 Å². The summed E-state index contributed by atoms with van der Waals surface area (Å²) in [5.41, 5.74) is 18.6. The quantitative estimate of drug-likeness (QED) is 0.139. The van der Waals surface area contributed by atoms with Crippen LogP contribution in [0.25, 0.3) is 16.8 Å².